The number of H-pyrrole nitrogens is 1. The number of amides is 1. The van der Waals surface area contributed by atoms with Gasteiger partial charge in [0.15, 0.2) is 0 Å². The van der Waals surface area contributed by atoms with Crippen LogP contribution in [0.5, 0.6) is 0 Å². The minimum atomic E-state index is -0.387. The van der Waals surface area contributed by atoms with Crippen LogP contribution in [-0.4, -0.2) is 22.3 Å². The number of aromatic amines is 1. The predicted octanol–water partition coefficient (Wildman–Crippen LogP) is 4.46. The van der Waals surface area contributed by atoms with Crippen molar-refractivity contribution in [2.75, 3.05) is 0 Å². The molecule has 0 atom stereocenters. The zero-order valence-corrected chi connectivity index (χ0v) is 14.8. The number of benzene rings is 2. The molecule has 5 nitrogen and oxygen atoms in total. The molecule has 0 bridgehead atoms. The molecule has 0 spiro atoms. The average molecular weight is 373 g/mol. The van der Waals surface area contributed by atoms with E-state index in [4.69, 9.17) is 23.2 Å². The highest BCUT2D eigenvalue weighted by atomic mass is 35.5. The molecule has 1 amide bonds. The van der Waals surface area contributed by atoms with Crippen molar-refractivity contribution in [2.45, 2.75) is 6.92 Å². The largest absolute Gasteiger partial charge is 0.289 e. The van der Waals surface area contributed by atoms with Crippen molar-refractivity contribution in [3.8, 4) is 11.3 Å². The summed E-state index contributed by atoms with van der Waals surface area (Å²) < 4.78 is 0. The molecule has 0 unspecified atom stereocenters. The molecular weight excluding hydrogens is 359 g/mol. The fraction of sp³-hybridized carbons (Fsp3) is 0.0556. The zero-order valence-electron chi connectivity index (χ0n) is 13.3. The molecule has 0 aliphatic carbocycles. The van der Waals surface area contributed by atoms with Gasteiger partial charge < -0.3 is 0 Å². The first kappa shape index (κ1) is 17.2. The normalized spacial score (nSPS) is 11.0. The molecule has 0 aliphatic heterocycles. The third kappa shape index (κ3) is 4.26. The number of aromatic nitrogens is 2. The van der Waals surface area contributed by atoms with E-state index in [1.165, 1.54) is 6.21 Å². The summed E-state index contributed by atoms with van der Waals surface area (Å²) in [7, 11) is 0. The number of hydrazone groups is 1. The maximum atomic E-state index is 12.1. The summed E-state index contributed by atoms with van der Waals surface area (Å²) in [5.41, 5.74) is 6.27. The minimum Gasteiger partial charge on any atom is -0.272 e. The third-order valence-electron chi connectivity index (χ3n) is 3.49. The van der Waals surface area contributed by atoms with E-state index in [2.05, 4.69) is 20.7 Å². The van der Waals surface area contributed by atoms with E-state index in [-0.39, 0.29) is 5.91 Å². The molecule has 25 heavy (non-hydrogen) atoms. The van der Waals surface area contributed by atoms with Crippen LogP contribution < -0.4 is 5.43 Å². The molecule has 0 saturated carbocycles. The first-order valence-corrected chi connectivity index (χ1v) is 8.19. The number of hydrogen-bond acceptors (Lipinski definition) is 3. The number of nitrogens with zero attached hydrogens (tertiary/aromatic N) is 2. The van der Waals surface area contributed by atoms with Crippen LogP contribution in [0.4, 0.5) is 0 Å². The molecule has 3 aromatic rings. The predicted molar refractivity (Wildman–Crippen MR) is 100 cm³/mol. The van der Waals surface area contributed by atoms with Crippen molar-refractivity contribution in [3.05, 3.63) is 75.4 Å². The van der Waals surface area contributed by atoms with E-state index in [1.807, 2.05) is 31.2 Å². The maximum Gasteiger partial charge on any atom is 0.289 e. The van der Waals surface area contributed by atoms with E-state index in [0.29, 0.717) is 21.4 Å². The van der Waals surface area contributed by atoms with Crippen LogP contribution in [0.3, 0.4) is 0 Å². The van der Waals surface area contributed by atoms with E-state index >= 15 is 0 Å². The van der Waals surface area contributed by atoms with Crippen LogP contribution in [0.2, 0.25) is 10.0 Å². The van der Waals surface area contributed by atoms with E-state index in [1.54, 1.807) is 24.3 Å². The van der Waals surface area contributed by atoms with E-state index < -0.39 is 0 Å². The number of hydrogen-bond donors (Lipinski definition) is 2. The van der Waals surface area contributed by atoms with Gasteiger partial charge in [0, 0.05) is 5.56 Å². The van der Waals surface area contributed by atoms with E-state index in [0.717, 1.165) is 16.7 Å². The quantitative estimate of drug-likeness (QED) is 0.524. The maximum absolute atomic E-state index is 12.1. The van der Waals surface area contributed by atoms with Gasteiger partial charge in [-0.15, -0.1) is 0 Å². The fourth-order valence-electron chi connectivity index (χ4n) is 2.13. The van der Waals surface area contributed by atoms with Gasteiger partial charge in [-0.25, -0.2) is 5.43 Å². The van der Waals surface area contributed by atoms with Gasteiger partial charge in [-0.2, -0.15) is 10.2 Å². The van der Waals surface area contributed by atoms with Crippen LogP contribution in [0.25, 0.3) is 11.3 Å². The number of rotatable bonds is 4. The Morgan fingerprint density at radius 1 is 1.12 bits per heavy atom. The van der Waals surface area contributed by atoms with Crippen LogP contribution in [-0.2, 0) is 0 Å². The number of nitrogens with one attached hydrogen (secondary N) is 2. The summed E-state index contributed by atoms with van der Waals surface area (Å²) in [6.07, 6.45) is 1.48. The smallest absolute Gasteiger partial charge is 0.272 e. The SMILES string of the molecule is Cc1ccc(-c2cc(C(=O)NN=Cc3ccc(Cl)c(Cl)c3)[nH]n2)cc1. The van der Waals surface area contributed by atoms with Crippen molar-refractivity contribution < 1.29 is 4.79 Å². The highest BCUT2D eigenvalue weighted by Gasteiger charge is 2.10. The van der Waals surface area contributed by atoms with Crippen molar-refractivity contribution in [1.29, 1.82) is 0 Å². The van der Waals surface area contributed by atoms with Gasteiger partial charge in [-0.05, 0) is 30.7 Å². The fourth-order valence-corrected chi connectivity index (χ4v) is 2.44. The third-order valence-corrected chi connectivity index (χ3v) is 4.23. The molecule has 1 heterocycles. The molecule has 1 aromatic heterocycles. The van der Waals surface area contributed by atoms with Gasteiger partial charge in [0.05, 0.1) is 22.0 Å². The van der Waals surface area contributed by atoms with Gasteiger partial charge in [0.25, 0.3) is 5.91 Å². The highest BCUT2D eigenvalue weighted by Crippen LogP contribution is 2.22. The molecule has 3 rings (SSSR count). The standard InChI is InChI=1S/C18H14Cl2N4O/c1-11-2-5-13(6-3-11)16-9-17(23-22-16)18(25)24-21-10-12-4-7-14(19)15(20)8-12/h2-10H,1H3,(H,22,23)(H,24,25). The Morgan fingerprint density at radius 3 is 2.60 bits per heavy atom. The lowest BCUT2D eigenvalue weighted by Crippen LogP contribution is -2.18. The molecule has 0 aliphatic rings. The van der Waals surface area contributed by atoms with Crippen molar-refractivity contribution in [2.24, 2.45) is 5.10 Å². The minimum absolute atomic E-state index is 0.321. The number of carbonyl (C=O) groups excluding carboxylic acids is 1. The monoisotopic (exact) mass is 372 g/mol. The molecule has 7 heteroatoms. The molecule has 0 fully saturated rings. The van der Waals surface area contributed by atoms with Gasteiger partial charge in [-0.1, -0.05) is 59.1 Å². The van der Waals surface area contributed by atoms with Crippen LogP contribution >= 0.6 is 23.2 Å². The van der Waals surface area contributed by atoms with Crippen LogP contribution in [0.15, 0.2) is 53.6 Å². The van der Waals surface area contributed by atoms with Gasteiger partial charge in [0.1, 0.15) is 5.69 Å². The van der Waals surface area contributed by atoms with E-state index in [9.17, 15) is 4.79 Å². The zero-order chi connectivity index (χ0) is 17.8. The first-order valence-electron chi connectivity index (χ1n) is 7.44. The average Bonchev–Trinajstić information content (AvgIpc) is 3.09. The lowest BCUT2D eigenvalue weighted by molar-refractivity contribution is 0.0950. The second kappa shape index (κ2) is 7.51. The number of aryl methyl sites for hydroxylation is 1. The Morgan fingerprint density at radius 2 is 1.88 bits per heavy atom. The van der Waals surface area contributed by atoms with Crippen LogP contribution in [0, 0.1) is 6.92 Å². The molecule has 2 N–H and O–H groups in total. The molecule has 0 saturated heterocycles. The second-order valence-electron chi connectivity index (χ2n) is 5.41. The Balaban J connectivity index is 1.66. The highest BCUT2D eigenvalue weighted by molar-refractivity contribution is 6.42. The first-order chi connectivity index (χ1) is 12.0. The Labute approximate surface area is 154 Å². The number of halogens is 2. The summed E-state index contributed by atoms with van der Waals surface area (Å²) in [4.78, 5) is 12.1. The summed E-state index contributed by atoms with van der Waals surface area (Å²) in [6, 6.07) is 14.6. The van der Waals surface area contributed by atoms with Gasteiger partial charge in [-0.3, -0.25) is 9.89 Å². The molecule has 0 radical (unpaired) electrons. The Kier molecular flexibility index (Phi) is 5.16. The Hall–Kier alpha value is -2.63. The topological polar surface area (TPSA) is 70.1 Å². The summed E-state index contributed by atoms with van der Waals surface area (Å²) in [5.74, 6) is -0.387. The van der Waals surface area contributed by atoms with Crippen LogP contribution in [0.1, 0.15) is 21.6 Å². The van der Waals surface area contributed by atoms with Gasteiger partial charge >= 0.3 is 0 Å². The summed E-state index contributed by atoms with van der Waals surface area (Å²) in [5, 5.41) is 11.7. The molecule has 2 aromatic carbocycles. The number of carbonyl (C=O) groups is 1. The lowest BCUT2D eigenvalue weighted by Gasteiger charge is -1.98. The van der Waals surface area contributed by atoms with Crippen molar-refractivity contribution in [1.82, 2.24) is 15.6 Å². The summed E-state index contributed by atoms with van der Waals surface area (Å²) in [6.45, 7) is 2.01. The molecule has 126 valence electrons. The summed E-state index contributed by atoms with van der Waals surface area (Å²) >= 11 is 11.8. The molecular formula is C18H14Cl2N4O. The van der Waals surface area contributed by atoms with Crippen molar-refractivity contribution in [3.63, 3.8) is 0 Å². The van der Waals surface area contributed by atoms with Gasteiger partial charge in [0.2, 0.25) is 0 Å². The Bertz CT molecular complexity index is 933. The second-order valence-corrected chi connectivity index (χ2v) is 6.22. The lowest BCUT2D eigenvalue weighted by atomic mass is 10.1. The van der Waals surface area contributed by atoms with Crippen molar-refractivity contribution >= 4 is 35.3 Å².